The van der Waals surface area contributed by atoms with Crippen molar-refractivity contribution in [1.29, 1.82) is 0 Å². The van der Waals surface area contributed by atoms with E-state index in [9.17, 15) is 8.42 Å². The first-order chi connectivity index (χ1) is 9.32. The van der Waals surface area contributed by atoms with Crippen molar-refractivity contribution in [3.63, 3.8) is 0 Å². The van der Waals surface area contributed by atoms with Crippen LogP contribution in [0.5, 0.6) is 0 Å². The molecule has 0 bridgehead atoms. The zero-order chi connectivity index (χ0) is 14.9. The molecule has 0 spiro atoms. The predicted molar refractivity (Wildman–Crippen MR) is 84.5 cm³/mol. The number of hydrogen-bond donors (Lipinski definition) is 1. The lowest BCUT2D eigenvalue weighted by Crippen LogP contribution is -2.34. The minimum atomic E-state index is -3.51. The van der Waals surface area contributed by atoms with E-state index in [-0.39, 0.29) is 14.9 Å². The van der Waals surface area contributed by atoms with Crippen LogP contribution in [-0.2, 0) is 10.0 Å². The summed E-state index contributed by atoms with van der Waals surface area (Å²) >= 11 is 10.9. The van der Waals surface area contributed by atoms with E-state index in [1.165, 1.54) is 22.9 Å². The molecule has 0 heterocycles. The van der Waals surface area contributed by atoms with Crippen molar-refractivity contribution in [1.82, 2.24) is 4.31 Å². The number of benzene rings is 1. The topological polar surface area (TPSA) is 63.4 Å². The summed E-state index contributed by atoms with van der Waals surface area (Å²) < 4.78 is 26.3. The van der Waals surface area contributed by atoms with Crippen LogP contribution in [0.25, 0.3) is 0 Å². The van der Waals surface area contributed by atoms with Crippen LogP contribution in [0.3, 0.4) is 0 Å². The number of thiocarbonyl (C=S) groups is 1. The molecule has 1 aliphatic rings. The maximum Gasteiger partial charge on any atom is 0.242 e. The van der Waals surface area contributed by atoms with Crippen molar-refractivity contribution >= 4 is 38.8 Å². The lowest BCUT2D eigenvalue weighted by molar-refractivity contribution is 0.263. The Kier molecular flexibility index (Phi) is 4.69. The summed E-state index contributed by atoms with van der Waals surface area (Å²) in [7, 11) is -1.91. The molecule has 1 aromatic carbocycles. The fourth-order valence-corrected chi connectivity index (χ4v) is 4.03. The zero-order valence-electron chi connectivity index (χ0n) is 11.2. The average Bonchev–Trinajstić information content (AvgIpc) is 2.32. The van der Waals surface area contributed by atoms with E-state index in [0.717, 1.165) is 12.8 Å². The van der Waals surface area contributed by atoms with Crippen LogP contribution in [0.15, 0.2) is 23.1 Å². The van der Waals surface area contributed by atoms with E-state index in [1.807, 2.05) is 0 Å². The van der Waals surface area contributed by atoms with Crippen molar-refractivity contribution in [2.45, 2.75) is 24.2 Å². The van der Waals surface area contributed by atoms with Crippen LogP contribution < -0.4 is 5.73 Å². The molecule has 4 nitrogen and oxygen atoms in total. The van der Waals surface area contributed by atoms with Gasteiger partial charge >= 0.3 is 0 Å². The Morgan fingerprint density at radius 1 is 1.50 bits per heavy atom. The second-order valence-electron chi connectivity index (χ2n) is 5.09. The number of hydrogen-bond acceptors (Lipinski definition) is 3. The van der Waals surface area contributed by atoms with Gasteiger partial charge in [0.25, 0.3) is 0 Å². The third kappa shape index (κ3) is 3.14. The molecular weight excluding hydrogens is 316 g/mol. The molecule has 1 fully saturated rings. The Labute approximate surface area is 130 Å². The third-order valence-electron chi connectivity index (χ3n) is 3.65. The Bertz CT molecular complexity index is 627. The number of sulfonamides is 1. The van der Waals surface area contributed by atoms with E-state index in [1.54, 1.807) is 13.1 Å². The van der Waals surface area contributed by atoms with Crippen LogP contribution in [0.2, 0.25) is 5.02 Å². The standard InChI is InChI=1S/C13H17ClN2O2S2/c1-16(8-9-3-2-4-9)20(17,18)10-5-6-11(13(15)19)12(14)7-10/h5-7,9H,2-4,8H2,1H3,(H2,15,19). The monoisotopic (exact) mass is 332 g/mol. The van der Waals surface area contributed by atoms with Crippen LogP contribution in [0.1, 0.15) is 24.8 Å². The van der Waals surface area contributed by atoms with Gasteiger partial charge in [-0.25, -0.2) is 12.7 Å². The van der Waals surface area contributed by atoms with E-state index >= 15 is 0 Å². The van der Waals surface area contributed by atoms with Gasteiger partial charge in [-0.2, -0.15) is 0 Å². The minimum absolute atomic E-state index is 0.154. The first-order valence-corrected chi connectivity index (χ1v) is 8.60. The predicted octanol–water partition coefficient (Wildman–Crippen LogP) is 2.39. The fraction of sp³-hybridized carbons (Fsp3) is 0.462. The number of halogens is 1. The fourth-order valence-electron chi connectivity index (χ4n) is 2.17. The molecule has 20 heavy (non-hydrogen) atoms. The summed E-state index contributed by atoms with van der Waals surface area (Å²) in [4.78, 5) is 0.325. The molecule has 0 aromatic heterocycles. The number of nitrogens with two attached hydrogens (primary N) is 1. The summed E-state index contributed by atoms with van der Waals surface area (Å²) in [5.74, 6) is 0.473. The molecule has 0 radical (unpaired) electrons. The zero-order valence-corrected chi connectivity index (χ0v) is 13.6. The summed E-state index contributed by atoms with van der Waals surface area (Å²) in [6.07, 6.45) is 3.38. The highest BCUT2D eigenvalue weighted by Crippen LogP contribution is 2.29. The van der Waals surface area contributed by atoms with Crippen LogP contribution in [0, 0.1) is 5.92 Å². The highest BCUT2D eigenvalue weighted by Gasteiger charge is 2.27. The van der Waals surface area contributed by atoms with Gasteiger partial charge in [0, 0.05) is 19.2 Å². The Hall–Kier alpha value is -0.690. The van der Waals surface area contributed by atoms with E-state index in [0.29, 0.717) is 18.0 Å². The van der Waals surface area contributed by atoms with Crippen molar-refractivity contribution in [2.75, 3.05) is 13.6 Å². The van der Waals surface area contributed by atoms with E-state index in [2.05, 4.69) is 0 Å². The molecule has 2 rings (SSSR count). The molecule has 0 unspecified atom stereocenters. The minimum Gasteiger partial charge on any atom is -0.389 e. The molecule has 0 saturated heterocycles. The highest BCUT2D eigenvalue weighted by molar-refractivity contribution is 7.89. The molecule has 1 aromatic rings. The van der Waals surface area contributed by atoms with Gasteiger partial charge in [-0.1, -0.05) is 30.2 Å². The summed E-state index contributed by atoms with van der Waals surface area (Å²) in [5.41, 5.74) is 6.00. The van der Waals surface area contributed by atoms with Crippen LogP contribution in [-0.4, -0.2) is 31.3 Å². The summed E-state index contributed by atoms with van der Waals surface area (Å²) in [6, 6.07) is 4.45. The Balaban J connectivity index is 2.24. The van der Waals surface area contributed by atoms with Gasteiger partial charge in [0.2, 0.25) is 10.0 Å². The van der Waals surface area contributed by atoms with Crippen molar-refractivity contribution < 1.29 is 8.42 Å². The maximum absolute atomic E-state index is 12.4. The van der Waals surface area contributed by atoms with Crippen LogP contribution in [0.4, 0.5) is 0 Å². The normalized spacial score (nSPS) is 16.1. The number of nitrogens with zero attached hydrogens (tertiary/aromatic N) is 1. The lowest BCUT2D eigenvalue weighted by atomic mass is 9.86. The van der Waals surface area contributed by atoms with Gasteiger partial charge in [-0.05, 0) is 37.0 Å². The van der Waals surface area contributed by atoms with Gasteiger partial charge in [0.15, 0.2) is 0 Å². The molecule has 110 valence electrons. The van der Waals surface area contributed by atoms with Crippen LogP contribution >= 0.6 is 23.8 Å². The molecule has 2 N–H and O–H groups in total. The molecular formula is C13H17ClN2O2S2. The van der Waals surface area contributed by atoms with E-state index in [4.69, 9.17) is 29.6 Å². The van der Waals surface area contributed by atoms with Crippen molar-refractivity contribution in [3.8, 4) is 0 Å². The first kappa shape index (κ1) is 15.7. The average molecular weight is 333 g/mol. The van der Waals surface area contributed by atoms with Gasteiger partial charge in [0.05, 0.1) is 9.92 Å². The second kappa shape index (κ2) is 5.97. The van der Waals surface area contributed by atoms with Gasteiger partial charge < -0.3 is 5.73 Å². The quantitative estimate of drug-likeness (QED) is 0.841. The van der Waals surface area contributed by atoms with Crippen molar-refractivity contribution in [2.24, 2.45) is 11.7 Å². The number of rotatable bonds is 5. The SMILES string of the molecule is CN(CC1CCC1)S(=O)(=O)c1ccc(C(N)=S)c(Cl)c1. The largest absolute Gasteiger partial charge is 0.389 e. The summed E-state index contributed by atoms with van der Waals surface area (Å²) in [6.45, 7) is 0.553. The second-order valence-corrected chi connectivity index (χ2v) is 7.98. The smallest absolute Gasteiger partial charge is 0.242 e. The molecule has 1 saturated carbocycles. The summed E-state index contributed by atoms with van der Waals surface area (Å²) in [5, 5.41) is 0.260. The van der Waals surface area contributed by atoms with E-state index < -0.39 is 10.0 Å². The Morgan fingerprint density at radius 3 is 2.60 bits per heavy atom. The first-order valence-electron chi connectivity index (χ1n) is 6.38. The molecule has 7 heteroatoms. The van der Waals surface area contributed by atoms with Crippen molar-refractivity contribution in [3.05, 3.63) is 28.8 Å². The Morgan fingerprint density at radius 2 is 2.15 bits per heavy atom. The molecule has 1 aliphatic carbocycles. The molecule has 0 amide bonds. The van der Waals surface area contributed by atoms with Gasteiger partial charge in [0.1, 0.15) is 4.99 Å². The van der Waals surface area contributed by atoms with Gasteiger partial charge in [-0.3, -0.25) is 0 Å². The highest BCUT2D eigenvalue weighted by atomic mass is 35.5. The molecule has 0 atom stereocenters. The van der Waals surface area contributed by atoms with Gasteiger partial charge in [-0.15, -0.1) is 0 Å². The third-order valence-corrected chi connectivity index (χ3v) is 6.01. The molecule has 0 aliphatic heterocycles. The maximum atomic E-state index is 12.4. The lowest BCUT2D eigenvalue weighted by Gasteiger charge is -2.29.